The summed E-state index contributed by atoms with van der Waals surface area (Å²) in [6.45, 7) is 4.08. The standard InChI is InChI=1S/C15H14ClN5S2/c1-9-3-4-11(10(2)7-9)18-14(22)20-17-8-12-13(16)19-15-21(12)5-6-23-15/h3-8H,1-2H3,(H2,18,20,22)/b17-8-. The second-order valence-corrected chi connectivity index (χ2v) is 6.63. The smallest absolute Gasteiger partial charge is 0.195 e. The molecule has 0 aliphatic carbocycles. The zero-order chi connectivity index (χ0) is 16.4. The molecule has 0 aliphatic rings. The van der Waals surface area contributed by atoms with Crippen LogP contribution in [0.2, 0.25) is 5.15 Å². The molecule has 8 heteroatoms. The molecule has 0 fully saturated rings. The van der Waals surface area contributed by atoms with E-state index in [4.69, 9.17) is 23.8 Å². The molecule has 118 valence electrons. The number of anilines is 1. The van der Waals surface area contributed by atoms with Crippen molar-refractivity contribution in [1.82, 2.24) is 14.8 Å². The highest BCUT2D eigenvalue weighted by atomic mass is 35.5. The first-order valence-corrected chi connectivity index (χ1v) is 8.49. The molecule has 5 nitrogen and oxygen atoms in total. The molecule has 0 saturated carbocycles. The van der Waals surface area contributed by atoms with Crippen LogP contribution in [0.25, 0.3) is 4.96 Å². The molecule has 0 amide bonds. The normalized spacial score (nSPS) is 11.3. The zero-order valence-electron chi connectivity index (χ0n) is 12.5. The van der Waals surface area contributed by atoms with Crippen LogP contribution in [0, 0.1) is 13.8 Å². The maximum absolute atomic E-state index is 6.10. The summed E-state index contributed by atoms with van der Waals surface area (Å²) in [5.41, 5.74) is 6.78. The highest BCUT2D eigenvalue weighted by Gasteiger charge is 2.08. The number of benzene rings is 1. The van der Waals surface area contributed by atoms with Crippen molar-refractivity contribution in [2.45, 2.75) is 13.8 Å². The van der Waals surface area contributed by atoms with Crippen LogP contribution in [0.5, 0.6) is 0 Å². The lowest BCUT2D eigenvalue weighted by Crippen LogP contribution is -2.24. The molecule has 2 heterocycles. The SMILES string of the molecule is Cc1ccc(NC(=S)N/N=C\c2c(Cl)nc3sccn23)c(C)c1. The second kappa shape index (κ2) is 6.66. The molecule has 0 aliphatic heterocycles. The molecule has 3 rings (SSSR count). The summed E-state index contributed by atoms with van der Waals surface area (Å²) in [6.07, 6.45) is 3.50. The van der Waals surface area contributed by atoms with Crippen LogP contribution in [0.4, 0.5) is 5.69 Å². The van der Waals surface area contributed by atoms with Gasteiger partial charge in [0.25, 0.3) is 0 Å². The van der Waals surface area contributed by atoms with Gasteiger partial charge in [0, 0.05) is 17.3 Å². The number of fused-ring (bicyclic) bond motifs is 1. The maximum atomic E-state index is 6.10. The average molecular weight is 364 g/mol. The van der Waals surface area contributed by atoms with E-state index in [0.717, 1.165) is 16.2 Å². The number of nitrogens with zero attached hydrogens (tertiary/aromatic N) is 3. The van der Waals surface area contributed by atoms with E-state index in [1.54, 1.807) is 6.21 Å². The first-order valence-electron chi connectivity index (χ1n) is 6.83. The van der Waals surface area contributed by atoms with Gasteiger partial charge in [-0.05, 0) is 37.7 Å². The van der Waals surface area contributed by atoms with E-state index in [-0.39, 0.29) is 0 Å². The van der Waals surface area contributed by atoms with E-state index in [9.17, 15) is 0 Å². The Balaban J connectivity index is 1.66. The predicted octanol–water partition coefficient (Wildman–Crippen LogP) is 3.99. The van der Waals surface area contributed by atoms with Gasteiger partial charge in [0.05, 0.1) is 6.21 Å². The zero-order valence-corrected chi connectivity index (χ0v) is 14.9. The second-order valence-electron chi connectivity index (χ2n) is 4.99. The maximum Gasteiger partial charge on any atom is 0.195 e. The van der Waals surface area contributed by atoms with Crippen LogP contribution in [0.1, 0.15) is 16.8 Å². The van der Waals surface area contributed by atoms with E-state index in [2.05, 4.69) is 33.8 Å². The fourth-order valence-corrected chi connectivity index (χ4v) is 3.30. The molecule has 23 heavy (non-hydrogen) atoms. The molecular weight excluding hydrogens is 350 g/mol. The van der Waals surface area contributed by atoms with E-state index >= 15 is 0 Å². The third-order valence-corrected chi connectivity index (χ3v) is 4.47. The lowest BCUT2D eigenvalue weighted by atomic mass is 10.1. The Labute approximate surface area is 148 Å². The Bertz CT molecular complexity index is 897. The molecule has 0 unspecified atom stereocenters. The minimum Gasteiger partial charge on any atom is -0.331 e. The van der Waals surface area contributed by atoms with Crippen LogP contribution in [-0.2, 0) is 0 Å². The fraction of sp³-hybridized carbons (Fsp3) is 0.133. The van der Waals surface area contributed by atoms with Crippen LogP contribution in [0.3, 0.4) is 0 Å². The number of hydrazone groups is 1. The lowest BCUT2D eigenvalue weighted by molar-refractivity contribution is 1.04. The summed E-state index contributed by atoms with van der Waals surface area (Å²) in [6, 6.07) is 6.11. The van der Waals surface area contributed by atoms with Gasteiger partial charge in [-0.1, -0.05) is 29.3 Å². The molecule has 0 saturated heterocycles. The molecule has 1 aromatic carbocycles. The highest BCUT2D eigenvalue weighted by molar-refractivity contribution is 7.80. The summed E-state index contributed by atoms with van der Waals surface area (Å²) < 4.78 is 1.87. The van der Waals surface area contributed by atoms with Gasteiger partial charge in [0.2, 0.25) is 0 Å². The van der Waals surface area contributed by atoms with Gasteiger partial charge >= 0.3 is 0 Å². The Morgan fingerprint density at radius 1 is 1.43 bits per heavy atom. The first kappa shape index (κ1) is 15.9. The molecule has 2 N–H and O–H groups in total. The molecule has 3 aromatic rings. The van der Waals surface area contributed by atoms with Crippen molar-refractivity contribution in [3.63, 3.8) is 0 Å². The van der Waals surface area contributed by atoms with Crippen molar-refractivity contribution < 1.29 is 0 Å². The van der Waals surface area contributed by atoms with Gasteiger partial charge in [0.1, 0.15) is 5.69 Å². The van der Waals surface area contributed by atoms with Gasteiger partial charge in [-0.2, -0.15) is 5.10 Å². The lowest BCUT2D eigenvalue weighted by Gasteiger charge is -2.10. The number of imidazole rings is 1. The van der Waals surface area contributed by atoms with Gasteiger partial charge in [-0.3, -0.25) is 9.83 Å². The fourth-order valence-electron chi connectivity index (χ4n) is 2.15. The Morgan fingerprint density at radius 2 is 2.26 bits per heavy atom. The van der Waals surface area contributed by atoms with E-state index in [0.29, 0.717) is 16.0 Å². The number of hydrogen-bond acceptors (Lipinski definition) is 4. The highest BCUT2D eigenvalue weighted by Crippen LogP contribution is 2.19. The van der Waals surface area contributed by atoms with E-state index in [1.165, 1.54) is 16.9 Å². The summed E-state index contributed by atoms with van der Waals surface area (Å²) in [7, 11) is 0. The van der Waals surface area contributed by atoms with E-state index in [1.807, 2.05) is 35.0 Å². The van der Waals surface area contributed by atoms with E-state index < -0.39 is 0 Å². The molecule has 2 aromatic heterocycles. The first-order chi connectivity index (χ1) is 11.0. The molecule has 0 atom stereocenters. The number of aromatic nitrogens is 2. The van der Waals surface area contributed by atoms with Gasteiger partial charge in [-0.25, -0.2) is 4.98 Å². The molecular formula is C15H14ClN5S2. The van der Waals surface area contributed by atoms with Crippen molar-refractivity contribution >= 4 is 57.1 Å². The van der Waals surface area contributed by atoms with Gasteiger partial charge in [0.15, 0.2) is 15.2 Å². The van der Waals surface area contributed by atoms with Crippen molar-refractivity contribution in [3.8, 4) is 0 Å². The minimum absolute atomic E-state index is 0.412. The predicted molar refractivity (Wildman–Crippen MR) is 101 cm³/mol. The van der Waals surface area contributed by atoms with Crippen molar-refractivity contribution in [2.75, 3.05) is 5.32 Å². The topological polar surface area (TPSA) is 53.7 Å². The number of halogens is 1. The van der Waals surface area contributed by atoms with Gasteiger partial charge < -0.3 is 5.32 Å². The molecule has 0 spiro atoms. The summed E-state index contributed by atoms with van der Waals surface area (Å²) in [5.74, 6) is 0. The third-order valence-electron chi connectivity index (χ3n) is 3.24. The Hall–Kier alpha value is -1.96. The number of hydrogen-bond donors (Lipinski definition) is 2. The number of aryl methyl sites for hydroxylation is 2. The number of nitrogens with one attached hydrogen (secondary N) is 2. The van der Waals surface area contributed by atoms with Crippen LogP contribution in [0.15, 0.2) is 34.9 Å². The number of rotatable bonds is 3. The average Bonchev–Trinajstić information content (AvgIpc) is 3.04. The van der Waals surface area contributed by atoms with Gasteiger partial charge in [-0.15, -0.1) is 11.3 Å². The summed E-state index contributed by atoms with van der Waals surface area (Å²) in [4.78, 5) is 5.06. The van der Waals surface area contributed by atoms with Crippen molar-refractivity contribution in [3.05, 3.63) is 51.7 Å². The monoisotopic (exact) mass is 363 g/mol. The largest absolute Gasteiger partial charge is 0.331 e. The Morgan fingerprint density at radius 3 is 3.04 bits per heavy atom. The minimum atomic E-state index is 0.412. The van der Waals surface area contributed by atoms with Crippen LogP contribution in [-0.4, -0.2) is 20.7 Å². The molecule has 0 radical (unpaired) electrons. The van der Waals surface area contributed by atoms with Crippen molar-refractivity contribution in [1.29, 1.82) is 0 Å². The Kier molecular flexibility index (Phi) is 4.61. The summed E-state index contributed by atoms with van der Waals surface area (Å²) >= 11 is 12.9. The quantitative estimate of drug-likeness (QED) is 0.420. The summed E-state index contributed by atoms with van der Waals surface area (Å²) in [5, 5.41) is 10.0. The molecule has 0 bridgehead atoms. The van der Waals surface area contributed by atoms with Crippen LogP contribution < -0.4 is 10.7 Å². The third kappa shape index (κ3) is 3.52. The van der Waals surface area contributed by atoms with Crippen molar-refractivity contribution in [2.24, 2.45) is 5.10 Å². The number of thiazole rings is 1. The number of thiocarbonyl (C=S) groups is 1. The van der Waals surface area contributed by atoms with Crippen LogP contribution >= 0.6 is 35.2 Å².